The normalized spacial score (nSPS) is 17.1. The summed E-state index contributed by atoms with van der Waals surface area (Å²) < 4.78 is 13.5. The van der Waals surface area contributed by atoms with Crippen LogP contribution in [0, 0.1) is 19.7 Å². The lowest BCUT2D eigenvalue weighted by molar-refractivity contribution is 0.576. The molecule has 116 valence electrons. The van der Waals surface area contributed by atoms with Crippen molar-refractivity contribution in [2.24, 2.45) is 0 Å². The number of rotatable bonds is 3. The first-order chi connectivity index (χ1) is 10.6. The Morgan fingerprint density at radius 3 is 2.68 bits per heavy atom. The molecule has 1 aliphatic heterocycles. The van der Waals surface area contributed by atoms with Crippen LogP contribution in [0.1, 0.15) is 30.0 Å². The summed E-state index contributed by atoms with van der Waals surface area (Å²) in [6.45, 7) is 8.16. The molecule has 0 aromatic heterocycles. The van der Waals surface area contributed by atoms with Crippen LogP contribution in [0.25, 0.3) is 0 Å². The number of aryl methyl sites for hydroxylation is 2. The molecule has 22 heavy (non-hydrogen) atoms. The van der Waals surface area contributed by atoms with Gasteiger partial charge in [0.25, 0.3) is 0 Å². The molecule has 1 aliphatic rings. The quantitative estimate of drug-likeness (QED) is 0.887. The van der Waals surface area contributed by atoms with Crippen LogP contribution in [0.15, 0.2) is 36.4 Å². The molecular weight excluding hydrogens is 275 g/mol. The maximum Gasteiger partial charge on any atom is 0.123 e. The molecule has 2 aromatic carbocycles. The van der Waals surface area contributed by atoms with Gasteiger partial charge >= 0.3 is 0 Å². The number of anilines is 2. The molecule has 1 unspecified atom stereocenters. The zero-order valence-corrected chi connectivity index (χ0v) is 13.5. The lowest BCUT2D eigenvalue weighted by Gasteiger charge is -2.40. The van der Waals surface area contributed by atoms with Gasteiger partial charge < -0.3 is 10.2 Å². The van der Waals surface area contributed by atoms with Gasteiger partial charge in [-0.05, 0) is 61.2 Å². The van der Waals surface area contributed by atoms with E-state index in [2.05, 4.69) is 43.1 Å². The molecule has 3 heteroatoms. The zero-order chi connectivity index (χ0) is 15.7. The van der Waals surface area contributed by atoms with E-state index in [9.17, 15) is 4.39 Å². The molecule has 1 atom stereocenters. The number of hydrogen-bond acceptors (Lipinski definition) is 2. The first kappa shape index (κ1) is 14.9. The summed E-state index contributed by atoms with van der Waals surface area (Å²) >= 11 is 0. The van der Waals surface area contributed by atoms with Gasteiger partial charge in [-0.15, -0.1) is 0 Å². The Hall–Kier alpha value is -2.03. The summed E-state index contributed by atoms with van der Waals surface area (Å²) in [6.07, 6.45) is 1.06. The monoisotopic (exact) mass is 298 g/mol. The predicted octanol–water partition coefficient (Wildman–Crippen LogP) is 4.65. The summed E-state index contributed by atoms with van der Waals surface area (Å²) in [4.78, 5) is 2.41. The number of nitrogens with one attached hydrogen (secondary N) is 1. The first-order valence-electron chi connectivity index (χ1n) is 7.94. The standard InChI is InChI=1S/C19H23FN2/c1-4-17-11-21-18-8-13(2)14(3)9-19(18)22(17)12-15-6-5-7-16(20)10-15/h5-10,17,21H,4,11-12H2,1-3H3. The van der Waals surface area contributed by atoms with E-state index in [4.69, 9.17) is 0 Å². The van der Waals surface area contributed by atoms with Crippen LogP contribution >= 0.6 is 0 Å². The minimum atomic E-state index is -0.166. The van der Waals surface area contributed by atoms with Crippen LogP contribution < -0.4 is 10.2 Å². The van der Waals surface area contributed by atoms with Crippen LogP contribution in [0.2, 0.25) is 0 Å². The molecule has 0 bridgehead atoms. The van der Waals surface area contributed by atoms with Crippen LogP contribution in [0.5, 0.6) is 0 Å². The van der Waals surface area contributed by atoms with Crippen molar-refractivity contribution in [2.75, 3.05) is 16.8 Å². The summed E-state index contributed by atoms with van der Waals surface area (Å²) in [5.74, 6) is -0.166. The van der Waals surface area contributed by atoms with Crippen LogP contribution in [-0.2, 0) is 6.54 Å². The van der Waals surface area contributed by atoms with Gasteiger partial charge in [0.05, 0.1) is 11.4 Å². The highest BCUT2D eigenvalue weighted by Crippen LogP contribution is 2.35. The SMILES string of the molecule is CCC1CNc2cc(C)c(C)cc2N1Cc1cccc(F)c1. The second-order valence-electron chi connectivity index (χ2n) is 6.15. The van der Waals surface area contributed by atoms with Crippen molar-refractivity contribution in [1.82, 2.24) is 0 Å². The third-order valence-electron chi connectivity index (χ3n) is 4.60. The Labute approximate surface area is 132 Å². The van der Waals surface area contributed by atoms with Crippen molar-refractivity contribution in [3.05, 3.63) is 58.9 Å². The van der Waals surface area contributed by atoms with Gasteiger partial charge in [0, 0.05) is 19.1 Å². The van der Waals surface area contributed by atoms with Gasteiger partial charge in [-0.1, -0.05) is 19.1 Å². The van der Waals surface area contributed by atoms with Crippen molar-refractivity contribution >= 4 is 11.4 Å². The second-order valence-corrected chi connectivity index (χ2v) is 6.15. The summed E-state index contributed by atoms with van der Waals surface area (Å²) in [6, 6.07) is 11.8. The minimum Gasteiger partial charge on any atom is -0.381 e. The van der Waals surface area contributed by atoms with Gasteiger partial charge in [0.15, 0.2) is 0 Å². The Kier molecular flexibility index (Phi) is 4.06. The van der Waals surface area contributed by atoms with Gasteiger partial charge in [-0.2, -0.15) is 0 Å². The zero-order valence-electron chi connectivity index (χ0n) is 13.5. The molecular formula is C19H23FN2. The van der Waals surface area contributed by atoms with E-state index in [0.29, 0.717) is 6.04 Å². The highest BCUT2D eigenvalue weighted by Gasteiger charge is 2.25. The Morgan fingerprint density at radius 1 is 1.18 bits per heavy atom. The van der Waals surface area contributed by atoms with Gasteiger partial charge in [-0.3, -0.25) is 0 Å². The molecule has 0 aliphatic carbocycles. The van der Waals surface area contributed by atoms with Gasteiger partial charge in [0.1, 0.15) is 5.82 Å². The minimum absolute atomic E-state index is 0.166. The number of nitrogens with zero attached hydrogens (tertiary/aromatic N) is 1. The van der Waals surface area contributed by atoms with Crippen molar-refractivity contribution in [1.29, 1.82) is 0 Å². The third kappa shape index (κ3) is 2.80. The molecule has 2 nitrogen and oxygen atoms in total. The largest absolute Gasteiger partial charge is 0.381 e. The van der Waals surface area contributed by atoms with Gasteiger partial charge in [0.2, 0.25) is 0 Å². The lowest BCUT2D eigenvalue weighted by atomic mass is 10.0. The third-order valence-corrected chi connectivity index (χ3v) is 4.60. The van der Waals surface area contributed by atoms with E-state index >= 15 is 0 Å². The van der Waals surface area contributed by atoms with Crippen LogP contribution in [-0.4, -0.2) is 12.6 Å². The Morgan fingerprint density at radius 2 is 1.95 bits per heavy atom. The van der Waals surface area contributed by atoms with E-state index in [1.165, 1.54) is 28.6 Å². The fraction of sp³-hybridized carbons (Fsp3) is 0.368. The molecule has 0 radical (unpaired) electrons. The van der Waals surface area contributed by atoms with Crippen molar-refractivity contribution in [3.8, 4) is 0 Å². The fourth-order valence-corrected chi connectivity index (χ4v) is 3.13. The average Bonchev–Trinajstić information content (AvgIpc) is 2.49. The smallest absolute Gasteiger partial charge is 0.123 e. The van der Waals surface area contributed by atoms with Gasteiger partial charge in [-0.25, -0.2) is 4.39 Å². The summed E-state index contributed by atoms with van der Waals surface area (Å²) in [7, 11) is 0. The average molecular weight is 298 g/mol. The van der Waals surface area contributed by atoms with Crippen molar-refractivity contribution < 1.29 is 4.39 Å². The summed E-state index contributed by atoms with van der Waals surface area (Å²) in [5, 5.41) is 3.54. The molecule has 1 heterocycles. The Balaban J connectivity index is 1.99. The maximum atomic E-state index is 13.5. The van der Waals surface area contributed by atoms with Crippen molar-refractivity contribution in [3.63, 3.8) is 0 Å². The number of fused-ring (bicyclic) bond motifs is 1. The molecule has 0 spiro atoms. The molecule has 0 saturated carbocycles. The van der Waals surface area contributed by atoms with Crippen LogP contribution in [0.4, 0.5) is 15.8 Å². The molecule has 0 amide bonds. The molecule has 3 rings (SSSR count). The number of hydrogen-bond donors (Lipinski definition) is 1. The predicted molar refractivity (Wildman–Crippen MR) is 91.1 cm³/mol. The number of halogens is 1. The first-order valence-corrected chi connectivity index (χ1v) is 7.94. The highest BCUT2D eigenvalue weighted by molar-refractivity contribution is 5.75. The molecule has 0 fully saturated rings. The molecule has 0 saturated heterocycles. The van der Waals surface area contributed by atoms with E-state index < -0.39 is 0 Å². The maximum absolute atomic E-state index is 13.5. The molecule has 1 N–H and O–H groups in total. The van der Waals surface area contributed by atoms with E-state index in [-0.39, 0.29) is 5.82 Å². The summed E-state index contributed by atoms with van der Waals surface area (Å²) in [5.41, 5.74) is 6.02. The lowest BCUT2D eigenvalue weighted by Crippen LogP contribution is -2.43. The highest BCUT2D eigenvalue weighted by atomic mass is 19.1. The van der Waals surface area contributed by atoms with E-state index in [1.807, 2.05) is 6.07 Å². The van der Waals surface area contributed by atoms with E-state index in [0.717, 1.165) is 25.1 Å². The van der Waals surface area contributed by atoms with Crippen LogP contribution in [0.3, 0.4) is 0 Å². The van der Waals surface area contributed by atoms with E-state index in [1.54, 1.807) is 12.1 Å². The topological polar surface area (TPSA) is 15.3 Å². The number of benzene rings is 2. The second kappa shape index (κ2) is 5.99. The molecule has 2 aromatic rings. The van der Waals surface area contributed by atoms with Crippen molar-refractivity contribution in [2.45, 2.75) is 39.8 Å². The fourth-order valence-electron chi connectivity index (χ4n) is 3.13. The Bertz CT molecular complexity index is 681.